The van der Waals surface area contributed by atoms with E-state index in [4.69, 9.17) is 9.47 Å². The van der Waals surface area contributed by atoms with Gasteiger partial charge in [-0.2, -0.15) is 5.11 Å². The number of carbonyl (C=O) groups excluding carboxylic acids is 2. The maximum atomic E-state index is 12.2. The number of ether oxygens (including phenoxy) is 2. The summed E-state index contributed by atoms with van der Waals surface area (Å²) in [5.74, 6) is 0.354. The number of benzene rings is 3. The zero-order valence-corrected chi connectivity index (χ0v) is 31.8. The highest BCUT2D eigenvalue weighted by Gasteiger charge is 2.15. The Morgan fingerprint density at radius 3 is 2.17 bits per heavy atom. The van der Waals surface area contributed by atoms with E-state index in [0.717, 1.165) is 49.0 Å². The molecule has 0 fully saturated rings. The molecule has 2 amide bonds. The number of unbranched alkanes of at least 4 members (excludes halogenated alkanes) is 3. The van der Waals surface area contributed by atoms with Gasteiger partial charge in [0.15, 0.2) is 5.69 Å². The molecule has 0 atom stereocenters. The number of anilines is 1. The van der Waals surface area contributed by atoms with Crippen molar-refractivity contribution in [2.24, 2.45) is 25.9 Å². The number of nitrogens with zero attached hydrogens (tertiary/aromatic N) is 6. The van der Waals surface area contributed by atoms with E-state index in [2.05, 4.69) is 36.0 Å². The van der Waals surface area contributed by atoms with Crippen LogP contribution in [0.5, 0.6) is 5.75 Å². The molecule has 0 aliphatic rings. The molecule has 0 aromatic heterocycles. The molecule has 284 valence electrons. The van der Waals surface area contributed by atoms with Gasteiger partial charge in [-0.15, -0.1) is 15.3 Å². The highest BCUT2D eigenvalue weighted by Crippen LogP contribution is 2.37. The van der Waals surface area contributed by atoms with Gasteiger partial charge in [0.2, 0.25) is 5.91 Å². The van der Waals surface area contributed by atoms with Gasteiger partial charge in [0.1, 0.15) is 18.0 Å². The number of carbonyl (C=O) groups is 2. The van der Waals surface area contributed by atoms with Gasteiger partial charge in [-0.05, 0) is 92.6 Å². The fraction of sp³-hybridized carbons (Fsp3) is 0.436. The Hall–Kier alpha value is -5.66. The van der Waals surface area contributed by atoms with Crippen molar-refractivity contribution < 1.29 is 24.0 Å². The average Bonchev–Trinajstić information content (AvgIpc) is 3.12. The third-order valence-corrected chi connectivity index (χ3v) is 7.96. The summed E-state index contributed by atoms with van der Waals surface area (Å²) in [4.78, 5) is 37.1. The van der Waals surface area contributed by atoms with Gasteiger partial charge in [-0.1, -0.05) is 45.8 Å². The van der Waals surface area contributed by atoms with Crippen LogP contribution in [-0.2, 0) is 9.53 Å². The molecule has 3 aromatic rings. The Labute approximate surface area is 311 Å². The number of aryl methyl sites for hydroxylation is 2. The number of hydrogen-bond donors (Lipinski definition) is 2. The van der Waals surface area contributed by atoms with Crippen molar-refractivity contribution in [3.05, 3.63) is 88.0 Å². The molecule has 0 bridgehead atoms. The van der Waals surface area contributed by atoms with Gasteiger partial charge in [0.25, 0.3) is 5.69 Å². The molecule has 2 N–H and O–H groups in total. The van der Waals surface area contributed by atoms with Crippen LogP contribution in [0.25, 0.3) is 0 Å². The van der Waals surface area contributed by atoms with Gasteiger partial charge in [-0.3, -0.25) is 14.9 Å². The van der Waals surface area contributed by atoms with E-state index in [1.807, 2.05) is 65.0 Å². The Balaban J connectivity index is 1.43. The Kier molecular flexibility index (Phi) is 16.6. The highest BCUT2D eigenvalue weighted by atomic mass is 16.6. The first-order chi connectivity index (χ1) is 25.3. The fourth-order valence-corrected chi connectivity index (χ4v) is 4.98. The summed E-state index contributed by atoms with van der Waals surface area (Å²) < 4.78 is 10.9. The SMILES string of the molecule is CCN(CCOC(=O)NCCCCCCNC(=O)/C=C/C(C)(C)C)c1ccc(/N=N/c2cc(C)c(/N=N/c3ccc(C)cc3[N+](=O)[O-])cc2OC)cc1. The molecule has 0 aliphatic carbocycles. The lowest BCUT2D eigenvalue weighted by Gasteiger charge is -2.23. The zero-order valence-electron chi connectivity index (χ0n) is 31.8. The minimum atomic E-state index is -0.480. The topological polar surface area (TPSA) is 172 Å². The number of azo groups is 2. The first-order valence-corrected chi connectivity index (χ1v) is 17.8. The normalized spacial score (nSPS) is 11.7. The van der Waals surface area contributed by atoms with E-state index in [0.29, 0.717) is 42.4 Å². The minimum absolute atomic E-state index is 0.0196. The van der Waals surface area contributed by atoms with Crippen LogP contribution in [0, 0.1) is 29.4 Å². The van der Waals surface area contributed by atoms with E-state index in [9.17, 15) is 19.7 Å². The number of nitro groups is 1. The van der Waals surface area contributed by atoms with E-state index in [1.54, 1.807) is 37.3 Å². The Morgan fingerprint density at radius 1 is 0.868 bits per heavy atom. The smallest absolute Gasteiger partial charge is 0.407 e. The summed E-state index contributed by atoms with van der Waals surface area (Å²) in [6.07, 6.45) is 6.69. The Morgan fingerprint density at radius 2 is 1.53 bits per heavy atom. The molecule has 0 saturated carbocycles. The lowest BCUT2D eigenvalue weighted by Crippen LogP contribution is -2.31. The molecule has 0 aliphatic heterocycles. The number of methoxy groups -OCH3 is 1. The van der Waals surface area contributed by atoms with Crippen molar-refractivity contribution in [2.45, 2.75) is 67.2 Å². The summed E-state index contributed by atoms with van der Waals surface area (Å²) in [6, 6.07) is 15.8. The molecule has 3 aromatic carbocycles. The van der Waals surface area contributed by atoms with Crippen molar-refractivity contribution in [2.75, 3.05) is 44.8 Å². The largest absolute Gasteiger partial charge is 0.494 e. The van der Waals surface area contributed by atoms with E-state index < -0.39 is 11.0 Å². The standard InChI is InChI=1S/C39H52N8O6/c1-8-46(23-24-53-38(49)41-22-12-10-9-11-21-40-37(48)19-20-39(4,5)6)31-16-14-30(15-17-31)42-45-34-26-29(3)33(27-36(34)52-7)44-43-32-18-13-28(2)25-35(32)47(50)51/h13-20,25-27H,8-12,21-24H2,1-7H3,(H,40,48)(H,41,49)/b20-19+,44-43+,45-42+. The fourth-order valence-electron chi connectivity index (χ4n) is 4.98. The van der Waals surface area contributed by atoms with Crippen LogP contribution < -0.4 is 20.3 Å². The van der Waals surface area contributed by atoms with Gasteiger partial charge >= 0.3 is 6.09 Å². The summed E-state index contributed by atoms with van der Waals surface area (Å²) >= 11 is 0. The molecule has 0 saturated heterocycles. The van der Waals surface area contributed by atoms with Crippen molar-refractivity contribution in [3.63, 3.8) is 0 Å². The van der Waals surface area contributed by atoms with Crippen LogP contribution in [0.3, 0.4) is 0 Å². The predicted molar refractivity (Wildman–Crippen MR) is 208 cm³/mol. The van der Waals surface area contributed by atoms with Crippen LogP contribution in [-0.4, -0.2) is 56.8 Å². The average molecular weight is 729 g/mol. The van der Waals surface area contributed by atoms with Gasteiger partial charge in [-0.25, -0.2) is 4.79 Å². The van der Waals surface area contributed by atoms with Gasteiger partial charge in [0, 0.05) is 37.5 Å². The zero-order chi connectivity index (χ0) is 38.8. The lowest BCUT2D eigenvalue weighted by molar-refractivity contribution is -0.384. The van der Waals surface area contributed by atoms with Crippen LogP contribution in [0.4, 0.5) is 38.9 Å². The quantitative estimate of drug-likeness (QED) is 0.0406. The molecule has 14 nitrogen and oxygen atoms in total. The van der Waals surface area contributed by atoms with E-state index in [1.165, 1.54) is 13.2 Å². The first-order valence-electron chi connectivity index (χ1n) is 17.8. The number of rotatable bonds is 19. The molecular weight excluding hydrogens is 676 g/mol. The van der Waals surface area contributed by atoms with E-state index >= 15 is 0 Å². The van der Waals surface area contributed by atoms with Crippen molar-refractivity contribution in [1.29, 1.82) is 0 Å². The summed E-state index contributed by atoms with van der Waals surface area (Å²) in [5, 5.41) is 34.3. The second-order valence-electron chi connectivity index (χ2n) is 13.5. The molecule has 0 unspecified atom stereocenters. The van der Waals surface area contributed by atoms with E-state index in [-0.39, 0.29) is 29.3 Å². The number of likely N-dealkylation sites (N-methyl/N-ethyl adjacent to an activating group) is 1. The third-order valence-electron chi connectivity index (χ3n) is 7.96. The maximum absolute atomic E-state index is 12.2. The van der Waals surface area contributed by atoms with Crippen LogP contribution in [0.2, 0.25) is 0 Å². The van der Waals surface area contributed by atoms with Crippen LogP contribution >= 0.6 is 0 Å². The number of nitrogens with one attached hydrogen (secondary N) is 2. The monoisotopic (exact) mass is 728 g/mol. The Bertz CT molecular complexity index is 1770. The molecule has 0 heterocycles. The highest BCUT2D eigenvalue weighted by molar-refractivity contribution is 5.87. The molecule has 3 rings (SSSR count). The molecule has 0 spiro atoms. The second-order valence-corrected chi connectivity index (χ2v) is 13.5. The van der Waals surface area contributed by atoms with Crippen LogP contribution in [0.1, 0.15) is 64.5 Å². The number of nitro benzene ring substituents is 1. The third kappa shape index (κ3) is 14.8. The predicted octanol–water partition coefficient (Wildman–Crippen LogP) is 9.88. The van der Waals surface area contributed by atoms with Gasteiger partial charge in [0.05, 0.1) is 30.0 Å². The summed E-state index contributed by atoms with van der Waals surface area (Å²) in [5.41, 5.74) is 4.07. The summed E-state index contributed by atoms with van der Waals surface area (Å²) in [6.45, 7) is 14.4. The molecule has 0 radical (unpaired) electrons. The minimum Gasteiger partial charge on any atom is -0.494 e. The number of alkyl carbamates (subject to hydrolysis) is 1. The number of hydrogen-bond acceptors (Lipinski definition) is 11. The second kappa shape index (κ2) is 21.0. The molecular formula is C39H52N8O6. The van der Waals surface area contributed by atoms with Gasteiger partial charge < -0.3 is 25.0 Å². The lowest BCUT2D eigenvalue weighted by atomic mass is 9.96. The van der Waals surface area contributed by atoms with Crippen molar-refractivity contribution in [1.82, 2.24) is 10.6 Å². The number of amides is 2. The first kappa shape index (κ1) is 41.8. The molecule has 53 heavy (non-hydrogen) atoms. The maximum Gasteiger partial charge on any atom is 0.407 e. The van der Waals surface area contributed by atoms with Crippen LogP contribution in [0.15, 0.2) is 87.2 Å². The summed E-state index contributed by atoms with van der Waals surface area (Å²) in [7, 11) is 1.51. The number of allylic oxidation sites excluding steroid dienone is 1. The van der Waals surface area contributed by atoms with Crippen molar-refractivity contribution >= 4 is 46.1 Å². The molecule has 14 heteroatoms. The van der Waals surface area contributed by atoms with Crippen molar-refractivity contribution in [3.8, 4) is 5.75 Å².